The van der Waals surface area contributed by atoms with Crippen molar-refractivity contribution in [1.82, 2.24) is 5.43 Å². The number of hydrogen-bond donors (Lipinski definition) is 1. The molecule has 1 amide bonds. The zero-order chi connectivity index (χ0) is 15.9. The average molecular weight is 317 g/mol. The first-order chi connectivity index (χ1) is 10.6. The second-order valence-electron chi connectivity index (χ2n) is 4.58. The summed E-state index contributed by atoms with van der Waals surface area (Å²) >= 11 is 5.98. The van der Waals surface area contributed by atoms with Gasteiger partial charge in [-0.15, -0.1) is 0 Å². The van der Waals surface area contributed by atoms with E-state index in [-0.39, 0.29) is 5.91 Å². The van der Waals surface area contributed by atoms with Crippen molar-refractivity contribution in [1.29, 1.82) is 0 Å². The maximum absolute atomic E-state index is 12.0. The lowest BCUT2D eigenvalue weighted by atomic mass is 10.1. The third-order valence-corrected chi connectivity index (χ3v) is 3.36. The molecule has 0 aliphatic carbocycles. The zero-order valence-electron chi connectivity index (χ0n) is 12.5. The molecule has 5 heteroatoms. The lowest BCUT2D eigenvalue weighted by Gasteiger charge is -2.06. The number of carbonyl (C=O) groups is 1. The van der Waals surface area contributed by atoms with Gasteiger partial charge in [0, 0.05) is 0 Å². The smallest absolute Gasteiger partial charge is 0.272 e. The Hall–Kier alpha value is -2.33. The van der Waals surface area contributed by atoms with Crippen molar-refractivity contribution in [3.05, 3.63) is 64.7 Å². The number of hydrazone groups is 1. The van der Waals surface area contributed by atoms with Gasteiger partial charge < -0.3 is 4.74 Å². The fourth-order valence-electron chi connectivity index (χ4n) is 1.86. The van der Waals surface area contributed by atoms with Crippen molar-refractivity contribution in [3.8, 4) is 5.75 Å². The molecule has 0 spiro atoms. The molecule has 0 unspecified atom stereocenters. The fourth-order valence-corrected chi connectivity index (χ4v) is 2.09. The van der Waals surface area contributed by atoms with Crippen molar-refractivity contribution >= 4 is 23.2 Å². The normalized spacial score (nSPS) is 11.1. The van der Waals surface area contributed by atoms with Gasteiger partial charge in [-0.25, -0.2) is 5.43 Å². The zero-order valence-corrected chi connectivity index (χ0v) is 13.2. The predicted molar refractivity (Wildman–Crippen MR) is 88.7 cm³/mol. The summed E-state index contributed by atoms with van der Waals surface area (Å²) in [6.45, 7) is 4.38. The largest absolute Gasteiger partial charge is 0.494 e. The van der Waals surface area contributed by atoms with Gasteiger partial charge in [-0.2, -0.15) is 5.10 Å². The molecule has 0 aromatic heterocycles. The molecule has 0 fully saturated rings. The van der Waals surface area contributed by atoms with Gasteiger partial charge in [-0.3, -0.25) is 4.79 Å². The van der Waals surface area contributed by atoms with Crippen LogP contribution >= 0.6 is 11.6 Å². The molecule has 22 heavy (non-hydrogen) atoms. The number of amides is 1. The molecule has 0 heterocycles. The highest BCUT2D eigenvalue weighted by molar-refractivity contribution is 6.33. The summed E-state index contributed by atoms with van der Waals surface area (Å²) in [7, 11) is 0. The van der Waals surface area contributed by atoms with Crippen LogP contribution in [0.1, 0.15) is 29.8 Å². The summed E-state index contributed by atoms with van der Waals surface area (Å²) in [6, 6.07) is 14.4. The maximum atomic E-state index is 12.0. The van der Waals surface area contributed by atoms with Gasteiger partial charge in [-0.1, -0.05) is 23.7 Å². The Morgan fingerprint density at radius 2 is 1.86 bits per heavy atom. The SMILES string of the molecule is CCOc1ccc(C(C)=NNC(=O)c2ccccc2Cl)cc1. The number of hydrogen-bond acceptors (Lipinski definition) is 3. The van der Waals surface area contributed by atoms with Crippen LogP contribution in [0.2, 0.25) is 5.02 Å². The number of nitrogens with zero attached hydrogens (tertiary/aromatic N) is 1. The minimum absolute atomic E-state index is 0.337. The quantitative estimate of drug-likeness (QED) is 0.672. The second kappa shape index (κ2) is 7.61. The summed E-state index contributed by atoms with van der Waals surface area (Å²) < 4.78 is 5.39. The number of rotatable bonds is 5. The molecule has 0 bridgehead atoms. The molecule has 0 atom stereocenters. The highest BCUT2D eigenvalue weighted by atomic mass is 35.5. The number of benzene rings is 2. The van der Waals surface area contributed by atoms with E-state index in [9.17, 15) is 4.79 Å². The number of halogens is 1. The number of ether oxygens (including phenoxy) is 1. The fraction of sp³-hybridized carbons (Fsp3) is 0.176. The van der Waals surface area contributed by atoms with Gasteiger partial charge in [0.25, 0.3) is 5.91 Å². The van der Waals surface area contributed by atoms with E-state index in [2.05, 4.69) is 10.5 Å². The van der Waals surface area contributed by atoms with Gasteiger partial charge in [0.1, 0.15) is 5.75 Å². The summed E-state index contributed by atoms with van der Waals surface area (Å²) in [6.07, 6.45) is 0. The van der Waals surface area contributed by atoms with E-state index in [4.69, 9.17) is 16.3 Å². The molecule has 114 valence electrons. The van der Waals surface area contributed by atoms with Crippen LogP contribution in [0.25, 0.3) is 0 Å². The highest BCUT2D eigenvalue weighted by Crippen LogP contribution is 2.15. The standard InChI is InChI=1S/C17H17ClN2O2/c1-3-22-14-10-8-13(9-11-14)12(2)19-20-17(21)15-6-4-5-7-16(15)18/h4-11H,3H2,1-2H3,(H,20,21). The van der Waals surface area contributed by atoms with E-state index in [1.165, 1.54) is 0 Å². The van der Waals surface area contributed by atoms with E-state index >= 15 is 0 Å². The Bertz CT molecular complexity index is 681. The van der Waals surface area contributed by atoms with Gasteiger partial charge in [0.2, 0.25) is 0 Å². The average Bonchev–Trinajstić information content (AvgIpc) is 2.54. The Morgan fingerprint density at radius 3 is 2.50 bits per heavy atom. The molecule has 2 rings (SSSR count). The molecule has 0 saturated carbocycles. The van der Waals surface area contributed by atoms with Gasteiger partial charge in [0.05, 0.1) is 22.9 Å². The van der Waals surface area contributed by atoms with Gasteiger partial charge >= 0.3 is 0 Å². The van der Waals surface area contributed by atoms with Crippen molar-refractivity contribution < 1.29 is 9.53 Å². The molecule has 0 aliphatic heterocycles. The Morgan fingerprint density at radius 1 is 1.18 bits per heavy atom. The Labute approximate surface area is 134 Å². The first-order valence-corrected chi connectivity index (χ1v) is 7.32. The molecular formula is C17H17ClN2O2. The summed E-state index contributed by atoms with van der Waals surface area (Å²) in [5, 5.41) is 4.50. The van der Waals surface area contributed by atoms with Crippen LogP contribution in [-0.2, 0) is 0 Å². The third-order valence-electron chi connectivity index (χ3n) is 3.03. The lowest BCUT2D eigenvalue weighted by molar-refractivity contribution is 0.0955. The monoisotopic (exact) mass is 316 g/mol. The van der Waals surface area contributed by atoms with E-state index < -0.39 is 0 Å². The molecule has 0 saturated heterocycles. The highest BCUT2D eigenvalue weighted by Gasteiger charge is 2.08. The first kappa shape index (κ1) is 16.0. The van der Waals surface area contributed by atoms with Gasteiger partial charge in [0.15, 0.2) is 0 Å². The molecular weight excluding hydrogens is 300 g/mol. The van der Waals surface area contributed by atoms with Crippen molar-refractivity contribution in [2.24, 2.45) is 5.10 Å². The van der Waals surface area contributed by atoms with Crippen molar-refractivity contribution in [2.45, 2.75) is 13.8 Å². The molecule has 1 N–H and O–H groups in total. The molecule has 4 nitrogen and oxygen atoms in total. The van der Waals surface area contributed by atoms with Crippen LogP contribution < -0.4 is 10.2 Å². The second-order valence-corrected chi connectivity index (χ2v) is 4.98. The number of nitrogens with one attached hydrogen (secondary N) is 1. The third kappa shape index (κ3) is 4.09. The Balaban J connectivity index is 2.06. The maximum Gasteiger partial charge on any atom is 0.272 e. The molecule has 0 aliphatic rings. The summed E-state index contributed by atoms with van der Waals surface area (Å²) in [5.41, 5.74) is 4.51. The van der Waals surface area contributed by atoms with Crippen molar-refractivity contribution in [3.63, 3.8) is 0 Å². The summed E-state index contributed by atoms with van der Waals surface area (Å²) in [5.74, 6) is 0.468. The van der Waals surface area contributed by atoms with Crippen LogP contribution in [0.15, 0.2) is 53.6 Å². The van der Waals surface area contributed by atoms with Crippen LogP contribution in [0.4, 0.5) is 0 Å². The molecule has 0 radical (unpaired) electrons. The van der Waals surface area contributed by atoms with Gasteiger partial charge in [-0.05, 0) is 55.8 Å². The van der Waals surface area contributed by atoms with E-state index in [0.717, 1.165) is 11.3 Å². The Kier molecular flexibility index (Phi) is 5.55. The summed E-state index contributed by atoms with van der Waals surface area (Å²) in [4.78, 5) is 12.0. The van der Waals surface area contributed by atoms with E-state index in [0.29, 0.717) is 22.9 Å². The predicted octanol–water partition coefficient (Wildman–Crippen LogP) is 3.89. The molecule has 2 aromatic carbocycles. The van der Waals surface area contributed by atoms with E-state index in [1.807, 2.05) is 38.1 Å². The van der Waals surface area contributed by atoms with E-state index in [1.54, 1.807) is 24.3 Å². The topological polar surface area (TPSA) is 50.7 Å². The first-order valence-electron chi connectivity index (χ1n) is 6.94. The minimum atomic E-state index is -0.337. The number of carbonyl (C=O) groups excluding carboxylic acids is 1. The lowest BCUT2D eigenvalue weighted by Crippen LogP contribution is -2.19. The minimum Gasteiger partial charge on any atom is -0.494 e. The van der Waals surface area contributed by atoms with Crippen LogP contribution in [0.3, 0.4) is 0 Å². The molecule has 2 aromatic rings. The van der Waals surface area contributed by atoms with Crippen LogP contribution in [0, 0.1) is 0 Å². The van der Waals surface area contributed by atoms with Crippen LogP contribution in [0.5, 0.6) is 5.75 Å². The van der Waals surface area contributed by atoms with Crippen molar-refractivity contribution in [2.75, 3.05) is 6.61 Å². The van der Waals surface area contributed by atoms with Crippen LogP contribution in [-0.4, -0.2) is 18.2 Å².